The number of nitrogens with zero attached hydrogens (tertiary/aromatic N) is 5. The number of hydrogen-bond acceptors (Lipinski definition) is 4. The van der Waals surface area contributed by atoms with Crippen molar-refractivity contribution in [3.8, 4) is 0 Å². The van der Waals surface area contributed by atoms with E-state index in [0.29, 0.717) is 13.1 Å². The lowest BCUT2D eigenvalue weighted by Crippen LogP contribution is -2.34. The van der Waals surface area contributed by atoms with Gasteiger partial charge in [0.25, 0.3) is 0 Å². The lowest BCUT2D eigenvalue weighted by Gasteiger charge is -2.25. The van der Waals surface area contributed by atoms with Crippen molar-refractivity contribution in [3.63, 3.8) is 0 Å². The Morgan fingerprint density at radius 2 is 2.18 bits per heavy atom. The zero-order chi connectivity index (χ0) is 15.7. The molecule has 0 unspecified atom stereocenters. The lowest BCUT2D eigenvalue weighted by molar-refractivity contribution is -0.141. The average molecular weight is 311 g/mol. The monoisotopic (exact) mass is 311 g/mol. The fraction of sp³-hybridized carbons (Fsp3) is 0.500. The molecule has 22 heavy (non-hydrogen) atoms. The summed E-state index contributed by atoms with van der Waals surface area (Å²) in [5.41, 5.74) is 0.151. The van der Waals surface area contributed by atoms with Gasteiger partial charge in [-0.15, -0.1) is 0 Å². The van der Waals surface area contributed by atoms with E-state index < -0.39 is 11.9 Å². The molecule has 1 atom stereocenters. The Balaban J connectivity index is 1.81. The molecule has 3 heterocycles. The van der Waals surface area contributed by atoms with Gasteiger partial charge in [-0.2, -0.15) is 18.3 Å². The lowest BCUT2D eigenvalue weighted by atomic mass is 10.2. The number of rotatable bonds is 3. The highest BCUT2D eigenvalue weighted by atomic mass is 19.4. The molecule has 1 aliphatic rings. The van der Waals surface area contributed by atoms with Gasteiger partial charge in [-0.3, -0.25) is 4.68 Å². The Morgan fingerprint density at radius 1 is 1.36 bits per heavy atom. The van der Waals surface area contributed by atoms with Crippen LogP contribution < -0.4 is 4.90 Å². The summed E-state index contributed by atoms with van der Waals surface area (Å²) in [7, 11) is 0. The van der Waals surface area contributed by atoms with E-state index in [-0.39, 0.29) is 12.0 Å². The fourth-order valence-corrected chi connectivity index (χ4v) is 2.72. The Morgan fingerprint density at radius 3 is 2.86 bits per heavy atom. The number of hydrogen-bond donors (Lipinski definition) is 0. The van der Waals surface area contributed by atoms with Crippen LogP contribution in [0, 0.1) is 6.92 Å². The molecule has 3 rings (SSSR count). The third-order valence-corrected chi connectivity index (χ3v) is 3.73. The van der Waals surface area contributed by atoms with Crippen molar-refractivity contribution in [2.24, 2.45) is 0 Å². The van der Waals surface area contributed by atoms with Gasteiger partial charge in [0.2, 0.25) is 5.95 Å². The molecule has 0 amide bonds. The third kappa shape index (κ3) is 3.05. The zero-order valence-corrected chi connectivity index (χ0v) is 12.1. The van der Waals surface area contributed by atoms with Crippen LogP contribution in [0.25, 0.3) is 0 Å². The molecule has 2 aromatic heterocycles. The first-order valence-electron chi connectivity index (χ1n) is 7.09. The summed E-state index contributed by atoms with van der Waals surface area (Å²) in [6.45, 7) is 3.23. The summed E-state index contributed by atoms with van der Waals surface area (Å²) in [5, 5.41) is 4.23. The van der Waals surface area contributed by atoms with Gasteiger partial charge in [0.15, 0.2) is 0 Å². The molecule has 0 bridgehead atoms. The molecule has 118 valence electrons. The highest BCUT2D eigenvalue weighted by Gasteiger charge is 2.34. The highest BCUT2D eigenvalue weighted by molar-refractivity contribution is 5.34. The Bertz CT molecular complexity index is 652. The van der Waals surface area contributed by atoms with Gasteiger partial charge >= 0.3 is 6.18 Å². The Hall–Kier alpha value is -2.12. The van der Waals surface area contributed by atoms with Gasteiger partial charge in [0.05, 0.1) is 18.8 Å². The molecule has 1 fully saturated rings. The number of halogens is 3. The average Bonchev–Trinajstić information content (AvgIpc) is 3.08. The van der Waals surface area contributed by atoms with E-state index in [9.17, 15) is 13.2 Å². The second-order valence-electron chi connectivity index (χ2n) is 5.47. The Labute approximate surface area is 125 Å². The molecule has 1 aliphatic heterocycles. The second kappa shape index (κ2) is 5.58. The standard InChI is InChI=1S/C14H16F3N5/c1-10-7-19-21(8-10)9-11-3-2-6-22(11)13-18-5-4-12(20-13)14(15,16)17/h4-5,7-8,11H,2-3,6,9H2,1H3/t11-/m1/s1. The Kier molecular flexibility index (Phi) is 3.76. The molecule has 0 aromatic carbocycles. The number of alkyl halides is 3. The van der Waals surface area contributed by atoms with Crippen LogP contribution in [0.5, 0.6) is 0 Å². The molecular formula is C14H16F3N5. The first kappa shape index (κ1) is 14.8. The predicted octanol–water partition coefficient (Wildman–Crippen LogP) is 2.67. The van der Waals surface area contributed by atoms with Crippen molar-refractivity contribution in [2.45, 2.75) is 38.5 Å². The molecule has 0 N–H and O–H groups in total. The number of anilines is 1. The van der Waals surface area contributed by atoms with Crippen molar-refractivity contribution in [1.29, 1.82) is 0 Å². The van der Waals surface area contributed by atoms with Crippen molar-refractivity contribution >= 4 is 5.95 Å². The van der Waals surface area contributed by atoms with Crippen LogP contribution in [0.15, 0.2) is 24.7 Å². The molecule has 0 spiro atoms. The van der Waals surface area contributed by atoms with E-state index in [1.54, 1.807) is 6.20 Å². The molecule has 1 saturated heterocycles. The van der Waals surface area contributed by atoms with Crippen molar-refractivity contribution in [2.75, 3.05) is 11.4 Å². The minimum Gasteiger partial charge on any atom is -0.336 e. The van der Waals surface area contributed by atoms with E-state index in [4.69, 9.17) is 0 Å². The molecule has 5 nitrogen and oxygen atoms in total. The minimum absolute atomic E-state index is 0.0581. The van der Waals surface area contributed by atoms with Crippen LogP contribution >= 0.6 is 0 Å². The van der Waals surface area contributed by atoms with E-state index in [0.717, 1.165) is 24.5 Å². The maximum Gasteiger partial charge on any atom is 0.433 e. The highest BCUT2D eigenvalue weighted by Crippen LogP contribution is 2.30. The van der Waals surface area contributed by atoms with Crippen LogP contribution in [-0.2, 0) is 12.7 Å². The van der Waals surface area contributed by atoms with Gasteiger partial charge < -0.3 is 4.90 Å². The van der Waals surface area contributed by atoms with Crippen LogP contribution in [-0.4, -0.2) is 32.3 Å². The van der Waals surface area contributed by atoms with Crippen LogP contribution in [0.4, 0.5) is 19.1 Å². The van der Waals surface area contributed by atoms with Gasteiger partial charge in [-0.25, -0.2) is 9.97 Å². The zero-order valence-electron chi connectivity index (χ0n) is 12.1. The molecule has 8 heteroatoms. The summed E-state index contributed by atoms with van der Waals surface area (Å²) in [6, 6.07) is 0.952. The predicted molar refractivity (Wildman–Crippen MR) is 74.4 cm³/mol. The maximum atomic E-state index is 12.8. The summed E-state index contributed by atoms with van der Waals surface area (Å²) in [5.74, 6) is 0.140. The van der Waals surface area contributed by atoms with Crippen molar-refractivity contribution < 1.29 is 13.2 Å². The van der Waals surface area contributed by atoms with Crippen LogP contribution in [0.3, 0.4) is 0 Å². The normalized spacial score (nSPS) is 18.9. The van der Waals surface area contributed by atoms with E-state index in [2.05, 4.69) is 15.1 Å². The quantitative estimate of drug-likeness (QED) is 0.874. The first-order valence-corrected chi connectivity index (χ1v) is 7.09. The molecule has 0 saturated carbocycles. The maximum absolute atomic E-state index is 12.8. The minimum atomic E-state index is -4.45. The smallest absolute Gasteiger partial charge is 0.336 e. The molecule has 2 aromatic rings. The topological polar surface area (TPSA) is 46.8 Å². The van der Waals surface area contributed by atoms with E-state index >= 15 is 0 Å². The first-order chi connectivity index (χ1) is 10.4. The fourth-order valence-electron chi connectivity index (χ4n) is 2.72. The molecular weight excluding hydrogens is 295 g/mol. The SMILES string of the molecule is Cc1cnn(C[C@H]2CCCN2c2nccc(C(F)(F)F)n2)c1. The number of aryl methyl sites for hydroxylation is 1. The molecule has 0 radical (unpaired) electrons. The largest absolute Gasteiger partial charge is 0.433 e. The van der Waals surface area contributed by atoms with Crippen molar-refractivity contribution in [1.82, 2.24) is 19.7 Å². The van der Waals surface area contributed by atoms with Crippen molar-refractivity contribution in [3.05, 3.63) is 35.9 Å². The molecule has 0 aliphatic carbocycles. The second-order valence-corrected chi connectivity index (χ2v) is 5.47. The number of aromatic nitrogens is 4. The van der Waals surface area contributed by atoms with E-state index in [1.807, 2.05) is 22.7 Å². The van der Waals surface area contributed by atoms with Crippen LogP contribution in [0.1, 0.15) is 24.1 Å². The summed E-state index contributed by atoms with van der Waals surface area (Å²) in [4.78, 5) is 9.54. The van der Waals surface area contributed by atoms with E-state index in [1.165, 1.54) is 6.20 Å². The van der Waals surface area contributed by atoms with Gasteiger partial charge in [0, 0.05) is 18.9 Å². The van der Waals surface area contributed by atoms with Crippen LogP contribution in [0.2, 0.25) is 0 Å². The van der Waals surface area contributed by atoms with Gasteiger partial charge in [0.1, 0.15) is 5.69 Å². The summed E-state index contributed by atoms with van der Waals surface area (Å²) in [6.07, 6.45) is 2.19. The summed E-state index contributed by atoms with van der Waals surface area (Å²) >= 11 is 0. The van der Waals surface area contributed by atoms with Gasteiger partial charge in [-0.05, 0) is 31.4 Å². The summed E-state index contributed by atoms with van der Waals surface area (Å²) < 4.78 is 40.1. The van der Waals surface area contributed by atoms with Gasteiger partial charge in [-0.1, -0.05) is 0 Å². The third-order valence-electron chi connectivity index (χ3n) is 3.73.